The normalized spacial score (nSPS) is 16.4. The second-order valence-corrected chi connectivity index (χ2v) is 9.65. The van der Waals surface area contributed by atoms with Crippen molar-refractivity contribution >= 4 is 23.6 Å². The zero-order valence-electron chi connectivity index (χ0n) is 20.7. The van der Waals surface area contributed by atoms with Gasteiger partial charge in [0, 0.05) is 37.4 Å². The molecule has 1 aliphatic carbocycles. The van der Waals surface area contributed by atoms with E-state index in [2.05, 4.69) is 5.32 Å². The van der Waals surface area contributed by atoms with E-state index in [1.54, 1.807) is 34.1 Å². The van der Waals surface area contributed by atoms with Crippen LogP contribution in [0.5, 0.6) is 5.75 Å². The van der Waals surface area contributed by atoms with E-state index in [-0.39, 0.29) is 18.4 Å². The number of carboxylic acid groups (broad SMARTS) is 1. The van der Waals surface area contributed by atoms with Gasteiger partial charge in [0.2, 0.25) is 0 Å². The number of hydrogen-bond donors (Lipinski definition) is 2. The van der Waals surface area contributed by atoms with Gasteiger partial charge in [-0.3, -0.25) is 9.59 Å². The highest BCUT2D eigenvalue weighted by Crippen LogP contribution is 2.26. The number of carboxylic acids is 1. The third kappa shape index (κ3) is 7.23. The fourth-order valence-corrected chi connectivity index (χ4v) is 4.92. The summed E-state index contributed by atoms with van der Waals surface area (Å²) in [6.07, 6.45) is 7.60. The fraction of sp³-hybridized carbons (Fsp3) is 0.464. The summed E-state index contributed by atoms with van der Waals surface area (Å²) >= 11 is 0. The number of carbonyl (C=O) groups excluding carboxylic acids is 2. The Hall–Kier alpha value is -3.55. The predicted molar refractivity (Wildman–Crippen MR) is 137 cm³/mol. The highest BCUT2D eigenvalue weighted by Gasteiger charge is 2.25. The van der Waals surface area contributed by atoms with E-state index in [1.165, 1.54) is 32.1 Å². The molecule has 0 atom stereocenters. The molecule has 0 unspecified atom stereocenters. The molecular formula is C28H35N3O5. The highest BCUT2D eigenvalue weighted by atomic mass is 16.5. The molecule has 0 aromatic heterocycles. The lowest BCUT2D eigenvalue weighted by Gasteiger charge is -2.34. The van der Waals surface area contributed by atoms with Crippen molar-refractivity contribution in [1.29, 1.82) is 0 Å². The summed E-state index contributed by atoms with van der Waals surface area (Å²) in [7, 11) is 0. The average molecular weight is 494 g/mol. The minimum absolute atomic E-state index is 0.0539. The molecule has 192 valence electrons. The Kier molecular flexibility index (Phi) is 8.81. The van der Waals surface area contributed by atoms with Crippen LogP contribution in [0.1, 0.15) is 54.4 Å². The van der Waals surface area contributed by atoms with Crippen LogP contribution < -0.4 is 10.1 Å². The molecule has 1 aliphatic heterocycles. The van der Waals surface area contributed by atoms with Gasteiger partial charge in [0.15, 0.2) is 0 Å². The number of ether oxygens (including phenoxy) is 1. The number of amides is 3. The molecule has 8 heteroatoms. The molecule has 2 aromatic carbocycles. The van der Waals surface area contributed by atoms with Crippen molar-refractivity contribution in [2.75, 3.05) is 38.1 Å². The Bertz CT molecular complexity index is 1040. The molecule has 4 rings (SSSR count). The van der Waals surface area contributed by atoms with Crippen LogP contribution in [0.2, 0.25) is 0 Å². The van der Waals surface area contributed by atoms with E-state index in [4.69, 9.17) is 9.84 Å². The van der Waals surface area contributed by atoms with Gasteiger partial charge in [-0.05, 0) is 48.2 Å². The maximum Gasteiger partial charge on any atom is 0.321 e. The summed E-state index contributed by atoms with van der Waals surface area (Å²) < 4.78 is 5.96. The third-order valence-corrected chi connectivity index (χ3v) is 7.02. The summed E-state index contributed by atoms with van der Waals surface area (Å²) in [5, 5.41) is 11.7. The zero-order chi connectivity index (χ0) is 25.3. The van der Waals surface area contributed by atoms with E-state index < -0.39 is 5.97 Å². The molecule has 2 aliphatic rings. The maximum absolute atomic E-state index is 13.1. The van der Waals surface area contributed by atoms with Gasteiger partial charge in [-0.1, -0.05) is 50.3 Å². The van der Waals surface area contributed by atoms with Crippen LogP contribution in [-0.2, 0) is 11.2 Å². The molecule has 1 saturated carbocycles. The van der Waals surface area contributed by atoms with Gasteiger partial charge in [0.25, 0.3) is 5.91 Å². The van der Waals surface area contributed by atoms with Crippen LogP contribution in [0.25, 0.3) is 0 Å². The maximum atomic E-state index is 13.1. The van der Waals surface area contributed by atoms with E-state index in [0.717, 1.165) is 18.1 Å². The molecular weight excluding hydrogens is 458 g/mol. The molecule has 3 amide bonds. The first kappa shape index (κ1) is 25.5. The summed E-state index contributed by atoms with van der Waals surface area (Å²) in [4.78, 5) is 40.0. The van der Waals surface area contributed by atoms with E-state index >= 15 is 0 Å². The van der Waals surface area contributed by atoms with Gasteiger partial charge < -0.3 is 25.0 Å². The number of nitrogens with zero attached hydrogens (tertiary/aromatic N) is 2. The lowest BCUT2D eigenvalue weighted by atomic mass is 9.87. The second kappa shape index (κ2) is 12.4. The van der Waals surface area contributed by atoms with E-state index in [9.17, 15) is 14.4 Å². The minimum atomic E-state index is -0.895. The smallest absolute Gasteiger partial charge is 0.321 e. The number of carbonyl (C=O) groups is 3. The summed E-state index contributed by atoms with van der Waals surface area (Å²) in [6, 6.07) is 13.9. The molecule has 36 heavy (non-hydrogen) atoms. The Balaban J connectivity index is 1.23. The monoisotopic (exact) mass is 493 g/mol. The molecule has 2 fully saturated rings. The average Bonchev–Trinajstić information content (AvgIpc) is 2.90. The van der Waals surface area contributed by atoms with Crippen molar-refractivity contribution < 1.29 is 24.2 Å². The molecule has 0 spiro atoms. The molecule has 8 nitrogen and oxygen atoms in total. The fourth-order valence-electron chi connectivity index (χ4n) is 4.92. The number of hydrogen-bond acceptors (Lipinski definition) is 4. The van der Waals surface area contributed by atoms with Crippen LogP contribution in [-0.4, -0.2) is 65.6 Å². The lowest BCUT2D eigenvalue weighted by Crippen LogP contribution is -2.51. The number of rotatable bonds is 8. The number of urea groups is 1. The molecule has 2 aromatic rings. The molecule has 1 saturated heterocycles. The van der Waals surface area contributed by atoms with E-state index in [1.807, 2.05) is 24.3 Å². The summed E-state index contributed by atoms with van der Waals surface area (Å²) in [5.41, 5.74) is 1.88. The Labute approximate surface area is 212 Å². The Morgan fingerprint density at radius 1 is 0.917 bits per heavy atom. The lowest BCUT2D eigenvalue weighted by molar-refractivity contribution is -0.136. The van der Waals surface area contributed by atoms with Crippen molar-refractivity contribution in [3.8, 4) is 5.75 Å². The van der Waals surface area contributed by atoms with Gasteiger partial charge in [0.1, 0.15) is 5.75 Å². The van der Waals surface area contributed by atoms with Gasteiger partial charge in [0.05, 0.1) is 13.0 Å². The number of nitrogens with one attached hydrogen (secondary N) is 1. The molecule has 0 bridgehead atoms. The van der Waals surface area contributed by atoms with Crippen molar-refractivity contribution in [3.63, 3.8) is 0 Å². The minimum Gasteiger partial charge on any atom is -0.494 e. The topological polar surface area (TPSA) is 99.2 Å². The Morgan fingerprint density at radius 2 is 1.61 bits per heavy atom. The zero-order valence-corrected chi connectivity index (χ0v) is 20.7. The first-order chi connectivity index (χ1) is 17.5. The molecule has 2 N–H and O–H groups in total. The number of piperazine rings is 1. The number of benzene rings is 2. The third-order valence-electron chi connectivity index (χ3n) is 7.02. The SMILES string of the molecule is O=C(O)Cc1ccc(NC(=O)N2CCN(C(=O)c3cccc(OCCC4CCCCC4)c3)CC2)cc1. The molecule has 0 radical (unpaired) electrons. The predicted octanol–water partition coefficient (Wildman–Crippen LogP) is 4.65. The van der Waals surface area contributed by atoms with Crippen molar-refractivity contribution in [2.45, 2.75) is 44.9 Å². The number of anilines is 1. The van der Waals surface area contributed by atoms with Crippen molar-refractivity contribution in [1.82, 2.24) is 9.80 Å². The van der Waals surface area contributed by atoms with Crippen LogP contribution in [0.3, 0.4) is 0 Å². The summed E-state index contributed by atoms with van der Waals surface area (Å²) in [5.74, 6) is 0.535. The Morgan fingerprint density at radius 3 is 2.31 bits per heavy atom. The van der Waals surface area contributed by atoms with Crippen LogP contribution in [0.15, 0.2) is 48.5 Å². The van der Waals surface area contributed by atoms with Crippen LogP contribution >= 0.6 is 0 Å². The standard InChI is InChI=1S/C28H35N3O5/c32-26(33)19-22-9-11-24(12-10-22)29-28(35)31-16-14-30(15-17-31)27(34)23-7-4-8-25(20-23)36-18-13-21-5-2-1-3-6-21/h4,7-12,20-21H,1-3,5-6,13-19H2,(H,29,35)(H,32,33). The quantitative estimate of drug-likeness (QED) is 0.558. The second-order valence-electron chi connectivity index (χ2n) is 9.65. The van der Waals surface area contributed by atoms with Crippen molar-refractivity contribution in [2.24, 2.45) is 5.92 Å². The molecule has 1 heterocycles. The first-order valence-electron chi connectivity index (χ1n) is 12.9. The largest absolute Gasteiger partial charge is 0.494 e. The van der Waals surface area contributed by atoms with E-state index in [0.29, 0.717) is 49.6 Å². The van der Waals surface area contributed by atoms with Gasteiger partial charge in [-0.2, -0.15) is 0 Å². The summed E-state index contributed by atoms with van der Waals surface area (Å²) in [6.45, 7) is 2.46. The van der Waals surface area contributed by atoms with Gasteiger partial charge in [-0.15, -0.1) is 0 Å². The van der Waals surface area contributed by atoms with Crippen molar-refractivity contribution in [3.05, 3.63) is 59.7 Å². The highest BCUT2D eigenvalue weighted by molar-refractivity contribution is 5.95. The van der Waals surface area contributed by atoms with Crippen LogP contribution in [0, 0.1) is 5.92 Å². The number of aliphatic carboxylic acids is 1. The van der Waals surface area contributed by atoms with Crippen LogP contribution in [0.4, 0.5) is 10.5 Å². The first-order valence-corrected chi connectivity index (χ1v) is 12.9. The van der Waals surface area contributed by atoms with Gasteiger partial charge in [-0.25, -0.2) is 4.79 Å². The van der Waals surface area contributed by atoms with Gasteiger partial charge >= 0.3 is 12.0 Å².